The maximum atomic E-state index is 9.12. The first-order valence-electron chi connectivity index (χ1n) is 7.03. The molecule has 0 spiro atoms. The van der Waals surface area contributed by atoms with Gasteiger partial charge in [-0.25, -0.2) is 0 Å². The van der Waals surface area contributed by atoms with Crippen LogP contribution >= 0.6 is 0 Å². The molecule has 19 heavy (non-hydrogen) atoms. The second-order valence-electron chi connectivity index (χ2n) is 5.16. The quantitative estimate of drug-likeness (QED) is 0.827. The summed E-state index contributed by atoms with van der Waals surface area (Å²) < 4.78 is 0. The average Bonchev–Trinajstić information content (AvgIpc) is 2.48. The van der Waals surface area contributed by atoms with Crippen molar-refractivity contribution >= 4 is 0 Å². The van der Waals surface area contributed by atoms with Crippen molar-refractivity contribution in [2.45, 2.75) is 32.1 Å². The molecule has 1 nitrogen and oxygen atoms in total. The standard InChI is InChI=1S/C18H22O/c1-15(14-19)18-12-10-17(11-13-18)9-5-8-16-6-3-2-4-7-16/h2-4,6-7,10-13,15,19H,5,8-9,14H2,1H3. The second kappa shape index (κ2) is 7.10. The molecule has 1 unspecified atom stereocenters. The summed E-state index contributed by atoms with van der Waals surface area (Å²) in [6, 6.07) is 19.3. The highest BCUT2D eigenvalue weighted by atomic mass is 16.3. The number of benzene rings is 2. The van der Waals surface area contributed by atoms with Crippen LogP contribution in [0.2, 0.25) is 0 Å². The largest absolute Gasteiger partial charge is 0.396 e. The van der Waals surface area contributed by atoms with E-state index in [0.717, 1.165) is 12.8 Å². The third-order valence-electron chi connectivity index (χ3n) is 3.60. The summed E-state index contributed by atoms with van der Waals surface area (Å²) in [6.45, 7) is 2.26. The fourth-order valence-electron chi connectivity index (χ4n) is 2.26. The van der Waals surface area contributed by atoms with Gasteiger partial charge in [0, 0.05) is 12.5 Å². The Morgan fingerprint density at radius 1 is 0.842 bits per heavy atom. The van der Waals surface area contributed by atoms with Crippen molar-refractivity contribution in [3.05, 3.63) is 71.3 Å². The van der Waals surface area contributed by atoms with Gasteiger partial charge in [-0.1, -0.05) is 61.5 Å². The van der Waals surface area contributed by atoms with Gasteiger partial charge in [0.1, 0.15) is 0 Å². The Hall–Kier alpha value is -1.60. The molecule has 2 aromatic carbocycles. The monoisotopic (exact) mass is 254 g/mol. The molecule has 1 N–H and O–H groups in total. The summed E-state index contributed by atoms with van der Waals surface area (Å²) in [5.41, 5.74) is 4.01. The highest BCUT2D eigenvalue weighted by Gasteiger charge is 2.03. The van der Waals surface area contributed by atoms with Crippen LogP contribution in [0.4, 0.5) is 0 Å². The summed E-state index contributed by atoms with van der Waals surface area (Å²) >= 11 is 0. The second-order valence-corrected chi connectivity index (χ2v) is 5.16. The summed E-state index contributed by atoms with van der Waals surface area (Å²) in [5.74, 6) is 0.235. The minimum atomic E-state index is 0.216. The molecule has 1 atom stereocenters. The molecule has 0 aliphatic rings. The number of hydrogen-bond donors (Lipinski definition) is 1. The van der Waals surface area contributed by atoms with Crippen molar-refractivity contribution in [3.63, 3.8) is 0 Å². The van der Waals surface area contributed by atoms with Crippen LogP contribution in [-0.4, -0.2) is 11.7 Å². The lowest BCUT2D eigenvalue weighted by Gasteiger charge is -2.09. The van der Waals surface area contributed by atoms with E-state index in [9.17, 15) is 0 Å². The van der Waals surface area contributed by atoms with E-state index in [1.807, 2.05) is 6.92 Å². The molecule has 100 valence electrons. The molecule has 0 aliphatic carbocycles. The molecule has 0 amide bonds. The van der Waals surface area contributed by atoms with Crippen molar-refractivity contribution in [2.24, 2.45) is 0 Å². The van der Waals surface area contributed by atoms with Crippen LogP contribution in [0.3, 0.4) is 0 Å². The topological polar surface area (TPSA) is 20.2 Å². The van der Waals surface area contributed by atoms with Crippen LogP contribution in [0.25, 0.3) is 0 Å². The summed E-state index contributed by atoms with van der Waals surface area (Å²) in [4.78, 5) is 0. The van der Waals surface area contributed by atoms with E-state index in [1.54, 1.807) is 0 Å². The van der Waals surface area contributed by atoms with Gasteiger partial charge in [0.2, 0.25) is 0 Å². The highest BCUT2D eigenvalue weighted by molar-refractivity contribution is 5.25. The smallest absolute Gasteiger partial charge is 0.0497 e. The Balaban J connectivity index is 1.83. The molecular formula is C18H22O. The predicted molar refractivity (Wildman–Crippen MR) is 80.4 cm³/mol. The van der Waals surface area contributed by atoms with Gasteiger partial charge in [-0.05, 0) is 36.0 Å². The zero-order valence-electron chi connectivity index (χ0n) is 11.5. The highest BCUT2D eigenvalue weighted by Crippen LogP contribution is 2.16. The van der Waals surface area contributed by atoms with Crippen LogP contribution < -0.4 is 0 Å². The summed E-state index contributed by atoms with van der Waals surface area (Å²) in [5, 5.41) is 9.12. The zero-order valence-corrected chi connectivity index (χ0v) is 11.5. The van der Waals surface area contributed by atoms with E-state index < -0.39 is 0 Å². The maximum Gasteiger partial charge on any atom is 0.0497 e. The van der Waals surface area contributed by atoms with Crippen molar-refractivity contribution in [1.82, 2.24) is 0 Å². The molecule has 0 aromatic heterocycles. The molecule has 0 aliphatic heterocycles. The van der Waals surface area contributed by atoms with E-state index in [1.165, 1.54) is 23.1 Å². The van der Waals surface area contributed by atoms with Gasteiger partial charge in [-0.2, -0.15) is 0 Å². The lowest BCUT2D eigenvalue weighted by atomic mass is 9.98. The van der Waals surface area contributed by atoms with Crippen molar-refractivity contribution in [3.8, 4) is 0 Å². The van der Waals surface area contributed by atoms with Crippen LogP contribution in [0.1, 0.15) is 36.0 Å². The van der Waals surface area contributed by atoms with Gasteiger partial charge in [0.15, 0.2) is 0 Å². The van der Waals surface area contributed by atoms with Gasteiger partial charge in [0.05, 0.1) is 0 Å². The lowest BCUT2D eigenvalue weighted by Crippen LogP contribution is -1.99. The van der Waals surface area contributed by atoms with Crippen LogP contribution in [0.5, 0.6) is 0 Å². The lowest BCUT2D eigenvalue weighted by molar-refractivity contribution is 0.273. The molecular weight excluding hydrogens is 232 g/mol. The van der Waals surface area contributed by atoms with E-state index in [-0.39, 0.29) is 12.5 Å². The molecule has 1 heteroatoms. The van der Waals surface area contributed by atoms with E-state index >= 15 is 0 Å². The first-order chi connectivity index (χ1) is 9.29. The van der Waals surface area contributed by atoms with Crippen LogP contribution in [0, 0.1) is 0 Å². The Bertz CT molecular complexity index is 473. The van der Waals surface area contributed by atoms with Gasteiger partial charge in [0.25, 0.3) is 0 Å². The Morgan fingerprint density at radius 2 is 1.42 bits per heavy atom. The minimum absolute atomic E-state index is 0.216. The number of aliphatic hydroxyl groups excluding tert-OH is 1. The Kier molecular flexibility index (Phi) is 5.17. The van der Waals surface area contributed by atoms with Gasteiger partial charge < -0.3 is 5.11 Å². The van der Waals surface area contributed by atoms with E-state index in [0.29, 0.717) is 0 Å². The molecule has 0 bridgehead atoms. The van der Waals surface area contributed by atoms with Crippen molar-refractivity contribution < 1.29 is 5.11 Å². The molecule has 0 saturated heterocycles. The molecule has 2 aromatic rings. The zero-order chi connectivity index (χ0) is 13.5. The number of rotatable bonds is 6. The first kappa shape index (κ1) is 13.8. The average molecular weight is 254 g/mol. The summed E-state index contributed by atoms with van der Waals surface area (Å²) in [7, 11) is 0. The van der Waals surface area contributed by atoms with E-state index in [2.05, 4.69) is 54.6 Å². The van der Waals surface area contributed by atoms with Crippen molar-refractivity contribution in [1.29, 1.82) is 0 Å². The molecule has 0 radical (unpaired) electrons. The molecule has 0 saturated carbocycles. The number of hydrogen-bond acceptors (Lipinski definition) is 1. The van der Waals surface area contributed by atoms with Gasteiger partial charge in [-0.3, -0.25) is 0 Å². The fourth-order valence-corrected chi connectivity index (χ4v) is 2.26. The van der Waals surface area contributed by atoms with Gasteiger partial charge >= 0.3 is 0 Å². The first-order valence-corrected chi connectivity index (χ1v) is 7.03. The number of aryl methyl sites for hydroxylation is 2. The minimum Gasteiger partial charge on any atom is -0.396 e. The fraction of sp³-hybridized carbons (Fsp3) is 0.333. The van der Waals surface area contributed by atoms with Crippen LogP contribution in [-0.2, 0) is 12.8 Å². The third-order valence-corrected chi connectivity index (χ3v) is 3.60. The number of aliphatic hydroxyl groups is 1. The van der Waals surface area contributed by atoms with E-state index in [4.69, 9.17) is 5.11 Å². The molecule has 2 rings (SSSR count). The Morgan fingerprint density at radius 3 is 2.00 bits per heavy atom. The molecule has 0 heterocycles. The normalized spacial score (nSPS) is 12.3. The predicted octanol–water partition coefficient (Wildman–Crippen LogP) is 3.96. The van der Waals surface area contributed by atoms with Crippen LogP contribution in [0.15, 0.2) is 54.6 Å². The third kappa shape index (κ3) is 4.22. The maximum absolute atomic E-state index is 9.12. The van der Waals surface area contributed by atoms with Gasteiger partial charge in [-0.15, -0.1) is 0 Å². The SMILES string of the molecule is CC(CO)c1ccc(CCCc2ccccc2)cc1. The van der Waals surface area contributed by atoms with Crippen molar-refractivity contribution in [2.75, 3.05) is 6.61 Å². The Labute approximate surface area is 115 Å². The summed E-state index contributed by atoms with van der Waals surface area (Å²) in [6.07, 6.45) is 3.43. The molecule has 0 fully saturated rings.